The second-order valence-corrected chi connectivity index (χ2v) is 6.96. The number of halogens is 2. The Morgan fingerprint density at radius 3 is 1.58 bits per heavy atom. The van der Waals surface area contributed by atoms with Crippen molar-refractivity contribution in [2.45, 2.75) is 39.5 Å². The summed E-state index contributed by atoms with van der Waals surface area (Å²) in [4.78, 5) is 0. The zero-order valence-corrected chi connectivity index (χ0v) is 16.9. The van der Waals surface area contributed by atoms with E-state index in [2.05, 4.69) is 38.8 Å². The summed E-state index contributed by atoms with van der Waals surface area (Å²) in [5.41, 5.74) is 1.88. The number of benzene rings is 2. The number of phenols is 4. The van der Waals surface area contributed by atoms with Crippen LogP contribution in [0.5, 0.6) is 23.0 Å². The molecule has 2 rings (SSSR count). The highest BCUT2D eigenvalue weighted by atomic mass is 79.9. The smallest absolute Gasteiger partial charge is 0.133 e. The molecular formula is C18H22Br2O4. The van der Waals surface area contributed by atoms with Crippen LogP contribution in [0.25, 0.3) is 0 Å². The van der Waals surface area contributed by atoms with Crippen molar-refractivity contribution in [2.24, 2.45) is 0 Å². The first-order valence-electron chi connectivity index (χ1n) is 7.70. The van der Waals surface area contributed by atoms with Gasteiger partial charge in [-0.3, -0.25) is 0 Å². The molecule has 0 aromatic heterocycles. The Morgan fingerprint density at radius 2 is 1.17 bits per heavy atom. The summed E-state index contributed by atoms with van der Waals surface area (Å²) >= 11 is 6.55. The van der Waals surface area contributed by atoms with E-state index < -0.39 is 0 Å². The van der Waals surface area contributed by atoms with Gasteiger partial charge in [0, 0.05) is 12.1 Å². The van der Waals surface area contributed by atoms with Crippen LogP contribution in [-0.2, 0) is 12.8 Å². The van der Waals surface area contributed by atoms with Gasteiger partial charge in [-0.1, -0.05) is 26.7 Å². The van der Waals surface area contributed by atoms with Crippen LogP contribution in [0, 0.1) is 0 Å². The molecule has 0 atom stereocenters. The van der Waals surface area contributed by atoms with Gasteiger partial charge >= 0.3 is 0 Å². The number of phenolic OH excluding ortho intramolecular Hbond substituents is 4. The van der Waals surface area contributed by atoms with Gasteiger partial charge in [-0.05, 0) is 68.0 Å². The first-order valence-corrected chi connectivity index (χ1v) is 9.29. The first kappa shape index (κ1) is 20.6. The molecule has 0 saturated carbocycles. The molecule has 0 amide bonds. The summed E-state index contributed by atoms with van der Waals surface area (Å²) in [5.74, 6) is 0.412. The fourth-order valence-electron chi connectivity index (χ4n) is 2.22. The maximum Gasteiger partial charge on any atom is 0.133 e. The Morgan fingerprint density at radius 1 is 0.708 bits per heavy atom. The lowest BCUT2D eigenvalue weighted by molar-refractivity contribution is 0.444. The van der Waals surface area contributed by atoms with E-state index in [1.165, 1.54) is 12.1 Å². The van der Waals surface area contributed by atoms with Gasteiger partial charge in [-0.2, -0.15) is 0 Å². The van der Waals surface area contributed by atoms with Crippen LogP contribution in [0.15, 0.2) is 33.2 Å². The Bertz CT molecular complexity index is 641. The summed E-state index contributed by atoms with van der Waals surface area (Å²) in [7, 11) is 0. The van der Waals surface area contributed by atoms with E-state index in [4.69, 9.17) is 10.2 Å². The highest BCUT2D eigenvalue weighted by Gasteiger charge is 2.12. The molecule has 0 unspecified atom stereocenters. The van der Waals surface area contributed by atoms with E-state index >= 15 is 0 Å². The van der Waals surface area contributed by atoms with Gasteiger partial charge in [0.15, 0.2) is 0 Å². The molecule has 0 aliphatic rings. The van der Waals surface area contributed by atoms with Crippen molar-refractivity contribution in [2.75, 3.05) is 0 Å². The largest absolute Gasteiger partial charge is 0.508 e. The molecule has 0 aliphatic carbocycles. The normalized spacial score (nSPS) is 10.2. The Kier molecular flexibility index (Phi) is 8.42. The average Bonchev–Trinajstić information content (AvgIpc) is 2.50. The quantitative estimate of drug-likeness (QED) is 0.475. The maximum atomic E-state index is 9.40. The molecule has 0 spiro atoms. The van der Waals surface area contributed by atoms with Crippen molar-refractivity contribution in [3.8, 4) is 23.0 Å². The predicted molar refractivity (Wildman–Crippen MR) is 103 cm³/mol. The molecule has 24 heavy (non-hydrogen) atoms. The number of aryl methyl sites for hydroxylation is 1. The fraction of sp³-hybridized carbons (Fsp3) is 0.333. The third kappa shape index (κ3) is 5.91. The van der Waals surface area contributed by atoms with Crippen molar-refractivity contribution in [1.29, 1.82) is 0 Å². The summed E-state index contributed by atoms with van der Waals surface area (Å²) in [6.45, 7) is 4.10. The van der Waals surface area contributed by atoms with Crippen LogP contribution < -0.4 is 0 Å². The Balaban J connectivity index is 0.000000243. The lowest BCUT2D eigenvalue weighted by Gasteiger charge is -2.09. The summed E-state index contributed by atoms with van der Waals surface area (Å²) in [6.07, 6.45) is 3.67. The van der Waals surface area contributed by atoms with Gasteiger partial charge in [0.25, 0.3) is 0 Å². The first-order chi connectivity index (χ1) is 11.3. The van der Waals surface area contributed by atoms with E-state index in [1.807, 2.05) is 6.92 Å². The molecule has 0 fully saturated rings. The van der Waals surface area contributed by atoms with Gasteiger partial charge in [0.05, 0.1) is 8.95 Å². The monoisotopic (exact) mass is 460 g/mol. The molecule has 132 valence electrons. The minimum Gasteiger partial charge on any atom is -0.508 e. The van der Waals surface area contributed by atoms with Crippen LogP contribution >= 0.6 is 31.9 Å². The molecular weight excluding hydrogens is 440 g/mol. The lowest BCUT2D eigenvalue weighted by Crippen LogP contribution is -1.88. The molecule has 0 aliphatic heterocycles. The van der Waals surface area contributed by atoms with Crippen molar-refractivity contribution >= 4 is 31.9 Å². The fourth-order valence-corrected chi connectivity index (χ4v) is 3.51. The Hall–Kier alpha value is -1.40. The minimum atomic E-state index is 0.0733. The number of hydrogen-bond donors (Lipinski definition) is 4. The van der Waals surface area contributed by atoms with E-state index in [1.54, 1.807) is 12.1 Å². The van der Waals surface area contributed by atoms with Crippen LogP contribution in [0.2, 0.25) is 0 Å². The highest BCUT2D eigenvalue weighted by Crippen LogP contribution is 2.40. The van der Waals surface area contributed by atoms with Gasteiger partial charge in [-0.15, -0.1) is 0 Å². The molecule has 2 aromatic carbocycles. The maximum absolute atomic E-state index is 9.40. The third-order valence-electron chi connectivity index (χ3n) is 3.25. The van der Waals surface area contributed by atoms with Crippen molar-refractivity contribution in [3.63, 3.8) is 0 Å². The number of hydrogen-bond acceptors (Lipinski definition) is 4. The second kappa shape index (κ2) is 9.79. The Labute approximate surface area is 159 Å². The molecule has 4 N–H and O–H groups in total. The molecule has 6 heteroatoms. The number of rotatable bonds is 4. The van der Waals surface area contributed by atoms with E-state index in [9.17, 15) is 10.2 Å². The standard InChI is InChI=1S/C9H10Br2O2.C9H12O2/c1-2-3-5-8(10)6(12)4-7(13)9(5)11;1-2-3-7-4-8(10)6-9(11)5-7/h4,12-13H,2-3H2,1H3;4-6,10-11H,2-3H2,1H3. The summed E-state index contributed by atoms with van der Waals surface area (Å²) < 4.78 is 1.30. The zero-order valence-electron chi connectivity index (χ0n) is 13.7. The topological polar surface area (TPSA) is 80.9 Å². The molecule has 4 nitrogen and oxygen atoms in total. The van der Waals surface area contributed by atoms with Crippen LogP contribution in [0.3, 0.4) is 0 Å². The SMILES string of the molecule is CCCc1c(Br)c(O)cc(O)c1Br.CCCc1cc(O)cc(O)c1. The van der Waals surface area contributed by atoms with E-state index in [0.717, 1.165) is 36.8 Å². The number of aromatic hydroxyl groups is 4. The summed E-state index contributed by atoms with van der Waals surface area (Å²) in [5, 5.41) is 36.9. The van der Waals surface area contributed by atoms with Gasteiger partial charge in [-0.25, -0.2) is 0 Å². The van der Waals surface area contributed by atoms with Gasteiger partial charge in [0.1, 0.15) is 23.0 Å². The average molecular weight is 462 g/mol. The molecule has 0 heterocycles. The van der Waals surface area contributed by atoms with Crippen molar-refractivity contribution in [3.05, 3.63) is 44.3 Å². The highest BCUT2D eigenvalue weighted by molar-refractivity contribution is 9.11. The summed E-state index contributed by atoms with van der Waals surface area (Å²) in [6, 6.07) is 5.99. The van der Waals surface area contributed by atoms with Crippen LogP contribution in [0.1, 0.15) is 37.8 Å². The predicted octanol–water partition coefficient (Wildman–Crippen LogP) is 5.63. The molecule has 0 saturated heterocycles. The third-order valence-corrected chi connectivity index (χ3v) is 5.02. The molecule has 2 aromatic rings. The minimum absolute atomic E-state index is 0.0733. The van der Waals surface area contributed by atoms with Crippen molar-refractivity contribution in [1.82, 2.24) is 0 Å². The van der Waals surface area contributed by atoms with E-state index in [-0.39, 0.29) is 23.0 Å². The van der Waals surface area contributed by atoms with Crippen molar-refractivity contribution < 1.29 is 20.4 Å². The van der Waals surface area contributed by atoms with Gasteiger partial charge < -0.3 is 20.4 Å². The molecule has 0 radical (unpaired) electrons. The lowest BCUT2D eigenvalue weighted by atomic mass is 10.1. The van der Waals surface area contributed by atoms with E-state index in [0.29, 0.717) is 8.95 Å². The van der Waals surface area contributed by atoms with Crippen LogP contribution in [0.4, 0.5) is 0 Å². The molecule has 0 bridgehead atoms. The second-order valence-electron chi connectivity index (χ2n) is 5.38. The van der Waals surface area contributed by atoms with Crippen LogP contribution in [-0.4, -0.2) is 20.4 Å². The zero-order chi connectivity index (χ0) is 18.3. The van der Waals surface area contributed by atoms with Gasteiger partial charge in [0.2, 0.25) is 0 Å².